The summed E-state index contributed by atoms with van der Waals surface area (Å²) in [5.41, 5.74) is 2.00. The number of likely N-dealkylation sites (tertiary alicyclic amines) is 2. The van der Waals surface area contributed by atoms with E-state index in [1.165, 1.54) is 6.42 Å². The van der Waals surface area contributed by atoms with Crippen LogP contribution in [0.2, 0.25) is 0 Å². The first-order valence-corrected chi connectivity index (χ1v) is 16.1. The number of hydrogen-bond acceptors (Lipinski definition) is 6. The Bertz CT molecular complexity index is 1470. The van der Waals surface area contributed by atoms with E-state index in [4.69, 9.17) is 18.9 Å². The molecule has 4 unspecified atom stereocenters. The predicted molar refractivity (Wildman–Crippen MR) is 167 cm³/mol. The van der Waals surface area contributed by atoms with E-state index in [9.17, 15) is 9.59 Å². The number of carbonyl (C=O) groups excluding carboxylic acids is 2. The third kappa shape index (κ3) is 5.94. The molecule has 8 heteroatoms. The van der Waals surface area contributed by atoms with E-state index in [0.717, 1.165) is 92.4 Å². The van der Waals surface area contributed by atoms with Gasteiger partial charge in [0.25, 0.3) is 0 Å². The van der Waals surface area contributed by atoms with Crippen LogP contribution in [-0.2, 0) is 9.59 Å². The molecule has 5 aliphatic rings. The molecule has 8 nitrogen and oxygen atoms in total. The number of amides is 2. The molecule has 2 aromatic rings. The topological polar surface area (TPSA) is 77.5 Å². The molecule has 2 saturated heterocycles. The van der Waals surface area contributed by atoms with Crippen LogP contribution in [-0.4, -0.2) is 61.4 Å². The third-order valence-electron chi connectivity index (χ3n) is 9.61. The van der Waals surface area contributed by atoms with Gasteiger partial charge in [-0.2, -0.15) is 0 Å². The summed E-state index contributed by atoms with van der Waals surface area (Å²) in [4.78, 5) is 31.3. The van der Waals surface area contributed by atoms with Crippen molar-refractivity contribution >= 4 is 24.0 Å². The van der Waals surface area contributed by atoms with E-state index in [2.05, 4.69) is 24.3 Å². The molecule has 0 spiro atoms. The number of nitrogens with zero attached hydrogens (tertiary/aromatic N) is 2. The summed E-state index contributed by atoms with van der Waals surface area (Å²) in [6.45, 7) is 3.67. The van der Waals surface area contributed by atoms with Gasteiger partial charge < -0.3 is 28.7 Å². The van der Waals surface area contributed by atoms with Crippen molar-refractivity contribution in [3.8, 4) is 23.0 Å². The van der Waals surface area contributed by atoms with Gasteiger partial charge >= 0.3 is 0 Å². The highest BCUT2D eigenvalue weighted by molar-refractivity contribution is 5.88. The molecule has 1 saturated carbocycles. The van der Waals surface area contributed by atoms with Crippen molar-refractivity contribution in [1.29, 1.82) is 0 Å². The van der Waals surface area contributed by atoms with Crippen LogP contribution < -0.4 is 18.9 Å². The Morgan fingerprint density at radius 3 is 1.68 bits per heavy atom. The van der Waals surface area contributed by atoms with E-state index in [1.807, 2.05) is 52.3 Å². The van der Waals surface area contributed by atoms with Crippen molar-refractivity contribution < 1.29 is 28.5 Å². The van der Waals surface area contributed by atoms with Crippen LogP contribution in [0.5, 0.6) is 23.0 Å². The minimum Gasteiger partial charge on any atom is -0.454 e. The summed E-state index contributed by atoms with van der Waals surface area (Å²) in [5, 5.41) is 0. The maximum Gasteiger partial charge on any atom is 0.246 e. The predicted octanol–water partition coefficient (Wildman–Crippen LogP) is 5.93. The molecule has 0 bridgehead atoms. The lowest BCUT2D eigenvalue weighted by Gasteiger charge is -2.50. The lowest BCUT2D eigenvalue weighted by atomic mass is 9.55. The molecule has 0 aromatic heterocycles. The lowest BCUT2D eigenvalue weighted by Crippen LogP contribution is -2.54. The van der Waals surface area contributed by atoms with Gasteiger partial charge in [-0.05, 0) is 97.7 Å². The highest BCUT2D eigenvalue weighted by Crippen LogP contribution is 2.50. The van der Waals surface area contributed by atoms with E-state index in [0.29, 0.717) is 0 Å². The lowest BCUT2D eigenvalue weighted by molar-refractivity contribution is -0.146. The highest BCUT2D eigenvalue weighted by atomic mass is 16.7. The number of ether oxygens (including phenoxy) is 4. The molecule has 230 valence electrons. The molecule has 0 radical (unpaired) electrons. The van der Waals surface area contributed by atoms with Gasteiger partial charge in [0.2, 0.25) is 25.4 Å². The highest BCUT2D eigenvalue weighted by Gasteiger charge is 2.51. The number of allylic oxidation sites excluding steroid dienone is 3. The van der Waals surface area contributed by atoms with E-state index < -0.39 is 0 Å². The summed E-state index contributed by atoms with van der Waals surface area (Å²) >= 11 is 0. The van der Waals surface area contributed by atoms with Gasteiger partial charge in [0, 0.05) is 26.2 Å². The molecular weight excluding hydrogens is 556 g/mol. The van der Waals surface area contributed by atoms with Crippen molar-refractivity contribution in [2.24, 2.45) is 23.7 Å². The van der Waals surface area contributed by atoms with Crippen LogP contribution in [0, 0.1) is 23.7 Å². The fraction of sp³-hybridized carbons (Fsp3) is 0.444. The summed E-state index contributed by atoms with van der Waals surface area (Å²) in [7, 11) is 0. The second kappa shape index (κ2) is 12.8. The molecule has 44 heavy (non-hydrogen) atoms. The molecule has 4 aliphatic heterocycles. The van der Waals surface area contributed by atoms with Crippen molar-refractivity contribution in [1.82, 2.24) is 9.80 Å². The summed E-state index contributed by atoms with van der Waals surface area (Å²) in [5.74, 6) is 2.89. The Morgan fingerprint density at radius 1 is 0.591 bits per heavy atom. The molecule has 3 fully saturated rings. The van der Waals surface area contributed by atoms with Crippen molar-refractivity contribution in [2.45, 2.75) is 38.5 Å². The molecule has 2 amide bonds. The van der Waals surface area contributed by atoms with Crippen LogP contribution in [0.15, 0.2) is 60.7 Å². The summed E-state index contributed by atoms with van der Waals surface area (Å²) in [6.07, 6.45) is 18.8. The molecule has 4 atom stereocenters. The summed E-state index contributed by atoms with van der Waals surface area (Å²) in [6, 6.07) is 11.8. The van der Waals surface area contributed by atoms with Crippen molar-refractivity contribution in [2.75, 3.05) is 39.8 Å². The normalized spacial score (nSPS) is 26.1. The monoisotopic (exact) mass is 596 g/mol. The first-order chi connectivity index (χ1) is 21.6. The minimum absolute atomic E-state index is 0.0279. The number of fused-ring (bicyclic) bond motifs is 2. The Kier molecular flexibility index (Phi) is 8.31. The molecule has 1 aliphatic carbocycles. The SMILES string of the molecule is O=C(/C=C/C1C(/C=C/c2ccc3c(c2)OCO3)C(/C=C/c2ccc3c(c2)OCO3)C1C(=O)N1CCCCC1)N1CCCCC1. The Labute approximate surface area is 258 Å². The van der Waals surface area contributed by atoms with Crippen LogP contribution in [0.1, 0.15) is 49.7 Å². The molecule has 0 N–H and O–H groups in total. The van der Waals surface area contributed by atoms with Crippen LogP contribution in [0.3, 0.4) is 0 Å². The van der Waals surface area contributed by atoms with Gasteiger partial charge in [0.05, 0.1) is 5.92 Å². The van der Waals surface area contributed by atoms with Gasteiger partial charge in [0.1, 0.15) is 0 Å². The average Bonchev–Trinajstić information content (AvgIpc) is 3.74. The fourth-order valence-corrected chi connectivity index (χ4v) is 7.14. The quantitative estimate of drug-likeness (QED) is 0.369. The first kappa shape index (κ1) is 28.6. The molecule has 7 rings (SSSR count). The van der Waals surface area contributed by atoms with Crippen molar-refractivity contribution in [3.05, 3.63) is 71.8 Å². The van der Waals surface area contributed by atoms with Gasteiger partial charge in [-0.3, -0.25) is 9.59 Å². The Hall–Kier alpha value is -4.20. The zero-order chi connectivity index (χ0) is 29.9. The molecule has 2 aromatic carbocycles. The van der Waals surface area contributed by atoms with Crippen LogP contribution in [0.25, 0.3) is 12.2 Å². The number of hydrogen-bond donors (Lipinski definition) is 0. The molecule has 4 heterocycles. The summed E-state index contributed by atoms with van der Waals surface area (Å²) < 4.78 is 22.2. The Balaban J connectivity index is 1.19. The number of carbonyl (C=O) groups is 2. The third-order valence-corrected chi connectivity index (χ3v) is 9.61. The van der Waals surface area contributed by atoms with Gasteiger partial charge in [-0.15, -0.1) is 0 Å². The maximum atomic E-state index is 14.1. The maximum absolute atomic E-state index is 14.1. The second-order valence-electron chi connectivity index (χ2n) is 12.3. The average molecular weight is 597 g/mol. The van der Waals surface area contributed by atoms with Crippen LogP contribution >= 0.6 is 0 Å². The van der Waals surface area contributed by atoms with E-state index >= 15 is 0 Å². The Morgan fingerprint density at radius 2 is 1.09 bits per heavy atom. The van der Waals surface area contributed by atoms with Gasteiger partial charge in [0.15, 0.2) is 23.0 Å². The number of piperidine rings is 2. The smallest absolute Gasteiger partial charge is 0.246 e. The standard InChI is InChI=1S/C36H40N2O6/c39-34(37-17-3-1-4-18-37)16-13-29-27(11-7-25-9-14-30-32(21-25)43-23-41-30)28(35(29)36(40)38-19-5-2-6-20-38)12-8-26-10-15-31-33(22-26)44-24-42-31/h7-16,21-22,27-29,35H,1-6,17-20,23-24H2/b11-7+,12-8+,16-13+. The minimum atomic E-state index is -0.241. The van der Waals surface area contributed by atoms with Crippen molar-refractivity contribution in [3.63, 3.8) is 0 Å². The zero-order valence-electron chi connectivity index (χ0n) is 25.1. The first-order valence-electron chi connectivity index (χ1n) is 16.1. The number of benzene rings is 2. The largest absolute Gasteiger partial charge is 0.454 e. The van der Waals surface area contributed by atoms with Crippen LogP contribution in [0.4, 0.5) is 0 Å². The van der Waals surface area contributed by atoms with E-state index in [-0.39, 0.29) is 49.1 Å². The van der Waals surface area contributed by atoms with E-state index in [1.54, 1.807) is 6.08 Å². The van der Waals surface area contributed by atoms with Gasteiger partial charge in [-0.1, -0.05) is 42.5 Å². The zero-order valence-corrected chi connectivity index (χ0v) is 25.1. The number of rotatable bonds is 7. The second-order valence-corrected chi connectivity index (χ2v) is 12.3. The fourth-order valence-electron chi connectivity index (χ4n) is 7.14. The van der Waals surface area contributed by atoms with Gasteiger partial charge in [-0.25, -0.2) is 0 Å². The molecular formula is C36H40N2O6.